The molecule has 0 aromatic heterocycles. The summed E-state index contributed by atoms with van der Waals surface area (Å²) in [6.45, 7) is 1.67. The molecule has 3 aromatic rings. The van der Waals surface area contributed by atoms with Crippen LogP contribution >= 0.6 is 27.5 Å². The highest BCUT2D eigenvalue weighted by molar-refractivity contribution is 9.10. The third-order valence-electron chi connectivity index (χ3n) is 4.37. The van der Waals surface area contributed by atoms with Crippen molar-refractivity contribution in [3.63, 3.8) is 0 Å². The van der Waals surface area contributed by atoms with Crippen LogP contribution in [0.1, 0.15) is 31.8 Å². The summed E-state index contributed by atoms with van der Waals surface area (Å²) in [6.07, 6.45) is 1.34. The zero-order chi connectivity index (χ0) is 23.8. The van der Waals surface area contributed by atoms with Gasteiger partial charge in [-0.05, 0) is 61.5 Å². The summed E-state index contributed by atoms with van der Waals surface area (Å²) in [4.78, 5) is 36.5. The minimum atomic E-state index is -0.563. The second-order valence-electron chi connectivity index (χ2n) is 6.92. The van der Waals surface area contributed by atoms with Crippen LogP contribution in [0.3, 0.4) is 0 Å². The molecule has 2 N–H and O–H groups in total. The number of esters is 1. The highest BCUT2D eigenvalue weighted by Crippen LogP contribution is 2.23. The van der Waals surface area contributed by atoms with E-state index in [2.05, 4.69) is 31.8 Å². The van der Waals surface area contributed by atoms with Crippen molar-refractivity contribution in [3.05, 3.63) is 98.5 Å². The molecule has 3 rings (SSSR count). The van der Waals surface area contributed by atoms with Crippen molar-refractivity contribution in [2.45, 2.75) is 6.92 Å². The first-order valence-electron chi connectivity index (χ1n) is 9.76. The summed E-state index contributed by atoms with van der Waals surface area (Å²) in [5, 5.41) is 6.92. The molecule has 2 amide bonds. The van der Waals surface area contributed by atoms with Crippen LogP contribution in [0, 0.1) is 6.92 Å². The van der Waals surface area contributed by atoms with E-state index in [-0.39, 0.29) is 18.2 Å². The van der Waals surface area contributed by atoms with Gasteiger partial charge in [0, 0.05) is 20.6 Å². The van der Waals surface area contributed by atoms with E-state index in [1.807, 2.05) is 19.1 Å². The van der Waals surface area contributed by atoms with Crippen LogP contribution in [0.4, 0.5) is 0 Å². The Labute approximate surface area is 203 Å². The van der Waals surface area contributed by atoms with Crippen molar-refractivity contribution in [2.75, 3.05) is 6.54 Å². The minimum absolute atomic E-state index is 0.249. The molecule has 0 heterocycles. The maximum Gasteiger partial charge on any atom is 0.343 e. The zero-order valence-corrected chi connectivity index (χ0v) is 19.8. The Morgan fingerprint density at radius 3 is 2.36 bits per heavy atom. The van der Waals surface area contributed by atoms with E-state index in [1.165, 1.54) is 6.21 Å². The smallest absolute Gasteiger partial charge is 0.343 e. The van der Waals surface area contributed by atoms with Gasteiger partial charge in [0.2, 0.25) is 0 Å². The van der Waals surface area contributed by atoms with Crippen LogP contribution in [-0.2, 0) is 4.79 Å². The van der Waals surface area contributed by atoms with Gasteiger partial charge in [0.15, 0.2) is 0 Å². The molecule has 0 saturated carbocycles. The van der Waals surface area contributed by atoms with Gasteiger partial charge in [-0.15, -0.1) is 0 Å². The maximum atomic E-state index is 12.4. The molecule has 0 unspecified atom stereocenters. The SMILES string of the molecule is Cc1ccc(C(=O)NCC(=O)NN=Cc2cc(Br)ccc2OC(=O)c2ccc(Cl)cc2)cc1. The number of nitrogens with one attached hydrogen (secondary N) is 2. The molecule has 0 bridgehead atoms. The van der Waals surface area contributed by atoms with Crippen molar-refractivity contribution in [1.82, 2.24) is 10.7 Å². The van der Waals surface area contributed by atoms with E-state index in [0.29, 0.717) is 21.7 Å². The number of halogens is 2. The summed E-state index contributed by atoms with van der Waals surface area (Å²) in [6, 6.07) is 18.3. The summed E-state index contributed by atoms with van der Waals surface area (Å²) in [5.74, 6) is -1.19. The number of rotatable bonds is 7. The van der Waals surface area contributed by atoms with E-state index in [4.69, 9.17) is 16.3 Å². The van der Waals surface area contributed by atoms with Gasteiger partial charge < -0.3 is 10.1 Å². The number of amides is 2. The number of carbonyl (C=O) groups excluding carboxylic acids is 3. The first-order chi connectivity index (χ1) is 15.8. The number of ether oxygens (including phenoxy) is 1. The summed E-state index contributed by atoms with van der Waals surface area (Å²) >= 11 is 9.20. The van der Waals surface area contributed by atoms with Gasteiger partial charge in [-0.3, -0.25) is 9.59 Å². The van der Waals surface area contributed by atoms with E-state index >= 15 is 0 Å². The Balaban J connectivity index is 1.58. The molecule has 3 aromatic carbocycles. The largest absolute Gasteiger partial charge is 0.422 e. The number of nitrogens with zero attached hydrogens (tertiary/aromatic N) is 1. The average molecular weight is 529 g/mol. The number of hydrogen-bond acceptors (Lipinski definition) is 5. The number of benzene rings is 3. The fourth-order valence-corrected chi connectivity index (χ4v) is 3.14. The van der Waals surface area contributed by atoms with Crippen molar-refractivity contribution in [3.8, 4) is 5.75 Å². The highest BCUT2D eigenvalue weighted by Gasteiger charge is 2.12. The van der Waals surface area contributed by atoms with Crippen molar-refractivity contribution < 1.29 is 19.1 Å². The number of hydrogen-bond donors (Lipinski definition) is 2. The molecule has 9 heteroatoms. The molecule has 0 radical (unpaired) electrons. The Bertz CT molecular complexity index is 1200. The molecule has 7 nitrogen and oxygen atoms in total. The van der Waals surface area contributed by atoms with E-state index in [1.54, 1.807) is 54.6 Å². The molecule has 168 valence electrons. The molecule has 0 atom stereocenters. The second kappa shape index (κ2) is 11.4. The third-order valence-corrected chi connectivity index (χ3v) is 5.12. The molecule has 0 aliphatic carbocycles. The van der Waals surface area contributed by atoms with Crippen LogP contribution in [0.5, 0.6) is 5.75 Å². The quantitative estimate of drug-likeness (QED) is 0.204. The summed E-state index contributed by atoms with van der Waals surface area (Å²) < 4.78 is 6.19. The lowest BCUT2D eigenvalue weighted by molar-refractivity contribution is -0.120. The number of aryl methyl sites for hydroxylation is 1. The molecule has 0 fully saturated rings. The molecule has 0 aliphatic rings. The Morgan fingerprint density at radius 2 is 1.67 bits per heavy atom. The highest BCUT2D eigenvalue weighted by atomic mass is 79.9. The van der Waals surface area contributed by atoms with Crippen molar-refractivity contribution in [2.24, 2.45) is 5.10 Å². The first kappa shape index (κ1) is 24.2. The van der Waals surface area contributed by atoms with Gasteiger partial charge in [-0.2, -0.15) is 5.10 Å². The normalized spacial score (nSPS) is 10.6. The van der Waals surface area contributed by atoms with E-state index < -0.39 is 11.9 Å². The lowest BCUT2D eigenvalue weighted by atomic mass is 10.1. The topological polar surface area (TPSA) is 96.9 Å². The fraction of sp³-hybridized carbons (Fsp3) is 0.0833. The fourth-order valence-electron chi connectivity index (χ4n) is 2.64. The summed E-state index contributed by atoms with van der Waals surface area (Å²) in [5.41, 5.74) is 4.61. The first-order valence-corrected chi connectivity index (χ1v) is 10.9. The predicted molar refractivity (Wildman–Crippen MR) is 130 cm³/mol. The number of carbonyl (C=O) groups is 3. The van der Waals surface area contributed by atoms with Gasteiger partial charge in [-0.1, -0.05) is 45.2 Å². The lowest BCUT2D eigenvalue weighted by Gasteiger charge is -2.08. The van der Waals surface area contributed by atoms with E-state index in [0.717, 1.165) is 10.0 Å². The van der Waals surface area contributed by atoms with Crippen LogP contribution in [0.15, 0.2) is 76.3 Å². The second-order valence-corrected chi connectivity index (χ2v) is 8.27. The maximum absolute atomic E-state index is 12.4. The van der Waals surface area contributed by atoms with Crippen LogP contribution < -0.4 is 15.5 Å². The average Bonchev–Trinajstić information content (AvgIpc) is 2.80. The van der Waals surface area contributed by atoms with Gasteiger partial charge >= 0.3 is 5.97 Å². The molecule has 0 spiro atoms. The molecular formula is C24H19BrClN3O4. The van der Waals surface area contributed by atoms with Gasteiger partial charge in [0.05, 0.1) is 18.3 Å². The Kier molecular flexibility index (Phi) is 8.34. The van der Waals surface area contributed by atoms with Crippen molar-refractivity contribution >= 4 is 51.5 Å². The molecule has 0 saturated heterocycles. The summed E-state index contributed by atoms with van der Waals surface area (Å²) in [7, 11) is 0. The zero-order valence-electron chi connectivity index (χ0n) is 17.5. The van der Waals surface area contributed by atoms with Crippen LogP contribution in [-0.4, -0.2) is 30.5 Å². The van der Waals surface area contributed by atoms with Crippen molar-refractivity contribution in [1.29, 1.82) is 0 Å². The molecule has 0 aliphatic heterocycles. The van der Waals surface area contributed by atoms with Gasteiger partial charge in [-0.25, -0.2) is 10.2 Å². The predicted octanol–water partition coefficient (Wildman–Crippen LogP) is 4.51. The van der Waals surface area contributed by atoms with E-state index in [9.17, 15) is 14.4 Å². The van der Waals surface area contributed by atoms with Crippen LogP contribution in [0.2, 0.25) is 5.02 Å². The lowest BCUT2D eigenvalue weighted by Crippen LogP contribution is -2.34. The third kappa shape index (κ3) is 7.27. The van der Waals surface area contributed by atoms with Gasteiger partial charge in [0.25, 0.3) is 11.8 Å². The molecular weight excluding hydrogens is 510 g/mol. The monoisotopic (exact) mass is 527 g/mol. The van der Waals surface area contributed by atoms with Gasteiger partial charge in [0.1, 0.15) is 5.75 Å². The number of hydrazone groups is 1. The molecule has 33 heavy (non-hydrogen) atoms. The Morgan fingerprint density at radius 1 is 1.00 bits per heavy atom. The Hall–Kier alpha value is -3.49. The standard InChI is InChI=1S/C24H19BrClN3O4/c1-15-2-4-16(5-3-15)23(31)27-14-22(30)29-28-13-18-12-19(25)8-11-21(18)33-24(32)17-6-9-20(26)10-7-17/h2-13H,14H2,1H3,(H,27,31)(H,29,30). The van der Waals surface area contributed by atoms with Crippen LogP contribution in [0.25, 0.3) is 0 Å². The minimum Gasteiger partial charge on any atom is -0.422 e.